The maximum Gasteiger partial charge on any atom is 0.387 e. The van der Waals surface area contributed by atoms with E-state index in [2.05, 4.69) is 15.2 Å². The van der Waals surface area contributed by atoms with Gasteiger partial charge in [0.05, 0.1) is 26.1 Å². The molecule has 0 fully saturated rings. The fourth-order valence-electron chi connectivity index (χ4n) is 1.84. The van der Waals surface area contributed by atoms with E-state index in [9.17, 15) is 18.4 Å². The van der Waals surface area contributed by atoms with Gasteiger partial charge in [-0.1, -0.05) is 0 Å². The molecule has 2 rings (SSSR count). The molecule has 0 aliphatic heterocycles. The molecule has 0 unspecified atom stereocenters. The van der Waals surface area contributed by atoms with Crippen molar-refractivity contribution in [1.29, 1.82) is 0 Å². The molecule has 1 aromatic heterocycles. The van der Waals surface area contributed by atoms with Crippen LogP contribution in [-0.2, 0) is 16.1 Å². The summed E-state index contributed by atoms with van der Waals surface area (Å²) in [6.07, 6.45) is 2.60. The van der Waals surface area contributed by atoms with Gasteiger partial charge in [-0.2, -0.15) is 13.9 Å². The van der Waals surface area contributed by atoms with E-state index in [0.29, 0.717) is 11.3 Å². The molecule has 8 nitrogen and oxygen atoms in total. The second kappa shape index (κ2) is 9.16. The number of hydrogen-bond acceptors (Lipinski definition) is 6. The Hall–Kier alpha value is -3.43. The lowest BCUT2D eigenvalue weighted by molar-refractivity contribution is -0.139. The minimum Gasteiger partial charge on any atom is -0.493 e. The first-order valence-electron chi connectivity index (χ1n) is 7.26. The van der Waals surface area contributed by atoms with E-state index in [1.165, 1.54) is 31.6 Å². The van der Waals surface area contributed by atoms with Gasteiger partial charge in [0, 0.05) is 0 Å². The number of alkyl halides is 2. The average Bonchev–Trinajstić information content (AvgIpc) is 3.13. The molecule has 1 heterocycles. The summed E-state index contributed by atoms with van der Waals surface area (Å²) >= 11 is 0. The second-order valence-corrected chi connectivity index (χ2v) is 4.75. The zero-order valence-corrected chi connectivity index (χ0v) is 13.6. The Kier molecular flexibility index (Phi) is 6.66. The first-order chi connectivity index (χ1) is 12.5. The smallest absolute Gasteiger partial charge is 0.387 e. The quantitative estimate of drug-likeness (QED) is 0.440. The van der Waals surface area contributed by atoms with Crippen LogP contribution in [0.3, 0.4) is 0 Å². The van der Waals surface area contributed by atoms with Crippen molar-refractivity contribution in [2.75, 3.05) is 7.11 Å². The summed E-state index contributed by atoms with van der Waals surface area (Å²) in [6.45, 7) is -2.97. The van der Waals surface area contributed by atoms with Crippen LogP contribution in [0.1, 0.15) is 11.3 Å². The number of halogens is 2. The highest BCUT2D eigenvalue weighted by Gasteiger charge is 2.13. The molecule has 0 spiro atoms. The third-order valence-corrected chi connectivity index (χ3v) is 2.99. The molecule has 0 bridgehead atoms. The van der Waals surface area contributed by atoms with Gasteiger partial charge in [0.15, 0.2) is 11.5 Å². The van der Waals surface area contributed by atoms with Gasteiger partial charge < -0.3 is 19.2 Å². The van der Waals surface area contributed by atoms with Gasteiger partial charge in [-0.15, -0.1) is 0 Å². The zero-order chi connectivity index (χ0) is 18.9. The lowest BCUT2D eigenvalue weighted by Crippen LogP contribution is -2.37. The van der Waals surface area contributed by atoms with Gasteiger partial charge in [-0.3, -0.25) is 9.59 Å². The van der Waals surface area contributed by atoms with Gasteiger partial charge in [0.1, 0.15) is 5.76 Å². The topological polar surface area (TPSA) is 102 Å². The van der Waals surface area contributed by atoms with E-state index in [-0.39, 0.29) is 18.0 Å². The largest absolute Gasteiger partial charge is 0.493 e. The normalized spacial score (nSPS) is 10.8. The number of nitrogens with one attached hydrogen (secondary N) is 2. The summed E-state index contributed by atoms with van der Waals surface area (Å²) < 4.78 is 39.0. The molecule has 2 aromatic rings. The van der Waals surface area contributed by atoms with E-state index in [0.717, 1.165) is 6.21 Å². The number of hydrogen-bond donors (Lipinski definition) is 2. The maximum absolute atomic E-state index is 12.4. The monoisotopic (exact) mass is 367 g/mol. The fourth-order valence-corrected chi connectivity index (χ4v) is 1.84. The lowest BCUT2D eigenvalue weighted by atomic mass is 10.2. The lowest BCUT2D eigenvalue weighted by Gasteiger charge is -2.10. The predicted molar refractivity (Wildman–Crippen MR) is 85.9 cm³/mol. The molecule has 2 N–H and O–H groups in total. The SMILES string of the molecule is COc1ccc(/C=N\NC(=O)C(=O)NCc2ccco2)cc1OC(F)F. The van der Waals surface area contributed by atoms with E-state index in [4.69, 9.17) is 9.15 Å². The van der Waals surface area contributed by atoms with Crippen LogP contribution in [0.15, 0.2) is 46.1 Å². The number of nitrogens with zero attached hydrogens (tertiary/aromatic N) is 1. The molecule has 0 aliphatic carbocycles. The summed E-state index contributed by atoms with van der Waals surface area (Å²) in [5.74, 6) is -1.49. The van der Waals surface area contributed by atoms with E-state index < -0.39 is 18.4 Å². The molecule has 0 saturated carbocycles. The van der Waals surface area contributed by atoms with Crippen LogP contribution >= 0.6 is 0 Å². The zero-order valence-electron chi connectivity index (χ0n) is 13.6. The van der Waals surface area contributed by atoms with Crippen LogP contribution in [0, 0.1) is 0 Å². The van der Waals surface area contributed by atoms with E-state index >= 15 is 0 Å². The van der Waals surface area contributed by atoms with Crippen molar-refractivity contribution in [2.24, 2.45) is 5.10 Å². The molecule has 0 radical (unpaired) electrons. The first kappa shape index (κ1) is 18.9. The summed E-state index contributed by atoms with van der Waals surface area (Å²) in [7, 11) is 1.31. The summed E-state index contributed by atoms with van der Waals surface area (Å²) in [5.41, 5.74) is 2.36. The van der Waals surface area contributed by atoms with Crippen molar-refractivity contribution in [1.82, 2.24) is 10.7 Å². The Bertz CT molecular complexity index is 778. The van der Waals surface area contributed by atoms with Crippen molar-refractivity contribution in [3.63, 3.8) is 0 Å². The van der Waals surface area contributed by atoms with Crippen molar-refractivity contribution in [3.8, 4) is 11.5 Å². The average molecular weight is 367 g/mol. The van der Waals surface area contributed by atoms with Crippen LogP contribution < -0.4 is 20.2 Å². The summed E-state index contributed by atoms with van der Waals surface area (Å²) in [6, 6.07) is 7.43. The van der Waals surface area contributed by atoms with Gasteiger partial charge in [-0.25, -0.2) is 5.43 Å². The predicted octanol–water partition coefficient (Wildman–Crippen LogP) is 1.66. The summed E-state index contributed by atoms with van der Waals surface area (Å²) in [5, 5.41) is 5.93. The molecule has 2 amide bonds. The van der Waals surface area contributed by atoms with Crippen molar-refractivity contribution < 1.29 is 32.3 Å². The highest BCUT2D eigenvalue weighted by Crippen LogP contribution is 2.28. The van der Waals surface area contributed by atoms with Crippen molar-refractivity contribution >= 4 is 18.0 Å². The third-order valence-electron chi connectivity index (χ3n) is 2.99. The molecule has 138 valence electrons. The summed E-state index contributed by atoms with van der Waals surface area (Å²) in [4.78, 5) is 23.2. The number of carbonyl (C=O) groups excluding carboxylic acids is 2. The maximum atomic E-state index is 12.4. The Labute approximate surface area is 146 Å². The number of benzene rings is 1. The number of ether oxygens (including phenoxy) is 2. The van der Waals surface area contributed by atoms with E-state index in [1.807, 2.05) is 5.43 Å². The first-order valence-corrected chi connectivity index (χ1v) is 7.26. The Morgan fingerprint density at radius 2 is 2.08 bits per heavy atom. The van der Waals surface area contributed by atoms with Gasteiger partial charge in [0.25, 0.3) is 0 Å². The van der Waals surface area contributed by atoms with Crippen LogP contribution in [0.5, 0.6) is 11.5 Å². The number of hydrazone groups is 1. The van der Waals surface area contributed by atoms with Crippen molar-refractivity contribution in [2.45, 2.75) is 13.2 Å². The highest BCUT2D eigenvalue weighted by atomic mass is 19.3. The number of methoxy groups -OCH3 is 1. The van der Waals surface area contributed by atoms with Crippen LogP contribution in [0.4, 0.5) is 8.78 Å². The van der Waals surface area contributed by atoms with Crippen LogP contribution in [0.25, 0.3) is 0 Å². The molecule has 1 aromatic carbocycles. The minimum atomic E-state index is -3.02. The number of rotatable bonds is 7. The molecule has 0 atom stereocenters. The van der Waals surface area contributed by atoms with Gasteiger partial charge >= 0.3 is 18.4 Å². The second-order valence-electron chi connectivity index (χ2n) is 4.75. The Morgan fingerprint density at radius 1 is 1.27 bits per heavy atom. The molecule has 10 heteroatoms. The van der Waals surface area contributed by atoms with Gasteiger partial charge in [-0.05, 0) is 35.9 Å². The minimum absolute atomic E-state index is 0.0514. The van der Waals surface area contributed by atoms with Crippen LogP contribution in [0.2, 0.25) is 0 Å². The van der Waals surface area contributed by atoms with Crippen molar-refractivity contribution in [3.05, 3.63) is 47.9 Å². The Morgan fingerprint density at radius 3 is 2.73 bits per heavy atom. The van der Waals surface area contributed by atoms with Crippen LogP contribution in [-0.4, -0.2) is 31.8 Å². The fraction of sp³-hybridized carbons (Fsp3) is 0.188. The molecule has 26 heavy (non-hydrogen) atoms. The molecular formula is C16H15F2N3O5. The third kappa shape index (κ3) is 5.58. The number of furan rings is 1. The highest BCUT2D eigenvalue weighted by molar-refractivity contribution is 6.35. The molecular weight excluding hydrogens is 352 g/mol. The standard InChI is InChI=1S/C16H15F2N3O5/c1-24-12-5-4-10(7-13(12)26-16(17)18)8-20-21-15(23)14(22)19-9-11-3-2-6-25-11/h2-8,16H,9H2,1H3,(H,19,22)(H,21,23)/b20-8-. The molecule has 0 aliphatic rings. The Balaban J connectivity index is 1.90. The molecule has 0 saturated heterocycles. The van der Waals surface area contributed by atoms with Gasteiger partial charge in [0.2, 0.25) is 0 Å². The number of carbonyl (C=O) groups is 2. The van der Waals surface area contributed by atoms with E-state index in [1.54, 1.807) is 12.1 Å². The number of amides is 2.